The summed E-state index contributed by atoms with van der Waals surface area (Å²) in [4.78, 5) is 3.77. The molecule has 0 saturated heterocycles. The van der Waals surface area contributed by atoms with Gasteiger partial charge in [0.2, 0.25) is 0 Å². The Kier molecular flexibility index (Phi) is 4.64. The van der Waals surface area contributed by atoms with Crippen LogP contribution in [0.3, 0.4) is 0 Å². The second-order valence-electron chi connectivity index (χ2n) is 8.82. The van der Waals surface area contributed by atoms with Crippen molar-refractivity contribution in [3.8, 4) is 28.1 Å². The maximum Gasteiger partial charge on any atom is 0.0620 e. The van der Waals surface area contributed by atoms with Crippen molar-refractivity contribution >= 4 is 48.6 Å². The second kappa shape index (κ2) is 8.00. The van der Waals surface area contributed by atoms with Crippen molar-refractivity contribution < 1.29 is 0 Å². The lowest BCUT2D eigenvalue weighted by molar-refractivity contribution is 1.14. The number of hydrogen-bond donors (Lipinski definition) is 1. The first-order chi connectivity index (χ1) is 17.3. The van der Waals surface area contributed by atoms with Gasteiger partial charge in [0.05, 0.1) is 16.7 Å². The molecule has 166 valence electrons. The third-order valence-electron chi connectivity index (χ3n) is 6.79. The molecular weight excluding hydrogens is 492 g/mol. The molecule has 0 unspecified atom stereocenters. The van der Waals surface area contributed by atoms with Gasteiger partial charge in [-0.2, -0.15) is 0 Å². The highest BCUT2D eigenvalue weighted by Gasteiger charge is 2.24. The molecule has 0 spiro atoms. The van der Waals surface area contributed by atoms with Crippen molar-refractivity contribution in [2.24, 2.45) is 0 Å². The Morgan fingerprint density at radius 1 is 0.600 bits per heavy atom. The quantitative estimate of drug-likeness (QED) is 0.243. The summed E-state index contributed by atoms with van der Waals surface area (Å²) in [6.07, 6.45) is 0. The zero-order valence-corrected chi connectivity index (χ0v) is 20.5. The van der Waals surface area contributed by atoms with Crippen LogP contribution < -0.4 is 0 Å². The molecule has 0 amide bonds. The van der Waals surface area contributed by atoms with Crippen molar-refractivity contribution in [3.05, 3.63) is 126 Å². The van der Waals surface area contributed by atoms with Gasteiger partial charge in [-0.3, -0.25) is 0 Å². The van der Waals surface area contributed by atoms with Crippen LogP contribution in [-0.4, -0.2) is 9.55 Å². The van der Waals surface area contributed by atoms with Crippen molar-refractivity contribution in [2.45, 2.75) is 0 Å². The van der Waals surface area contributed by atoms with Gasteiger partial charge < -0.3 is 9.55 Å². The maximum absolute atomic E-state index is 3.77. The molecule has 0 fully saturated rings. The van der Waals surface area contributed by atoms with Crippen LogP contribution in [0.25, 0.3) is 60.8 Å². The normalized spacial score (nSPS) is 11.6. The minimum Gasteiger partial charge on any atom is -0.354 e. The largest absolute Gasteiger partial charge is 0.354 e. The molecule has 0 atom stereocenters. The Morgan fingerprint density at radius 3 is 1.97 bits per heavy atom. The van der Waals surface area contributed by atoms with Crippen LogP contribution in [0.1, 0.15) is 0 Å². The number of aromatic nitrogens is 2. The average molecular weight is 513 g/mol. The van der Waals surface area contributed by atoms with Crippen LogP contribution in [0.4, 0.5) is 0 Å². The van der Waals surface area contributed by atoms with Crippen LogP contribution in [0.15, 0.2) is 126 Å². The highest BCUT2D eigenvalue weighted by atomic mass is 79.9. The van der Waals surface area contributed by atoms with Crippen molar-refractivity contribution in [2.75, 3.05) is 0 Å². The summed E-state index contributed by atoms with van der Waals surface area (Å²) in [5.41, 5.74) is 9.49. The van der Waals surface area contributed by atoms with E-state index in [9.17, 15) is 0 Å². The predicted octanol–water partition coefficient (Wildman–Crippen LogP) is 9.36. The van der Waals surface area contributed by atoms with Gasteiger partial charge in [-0.1, -0.05) is 101 Å². The van der Waals surface area contributed by atoms with E-state index in [1.165, 1.54) is 49.6 Å². The molecule has 7 aromatic rings. The third-order valence-corrected chi connectivity index (χ3v) is 7.28. The van der Waals surface area contributed by atoms with Crippen LogP contribution in [0.2, 0.25) is 0 Å². The molecule has 1 N–H and O–H groups in total. The summed E-state index contributed by atoms with van der Waals surface area (Å²) in [6, 6.07) is 43.1. The van der Waals surface area contributed by atoms with Gasteiger partial charge in [0.15, 0.2) is 0 Å². The molecule has 0 aliphatic heterocycles. The molecule has 0 bridgehead atoms. The van der Waals surface area contributed by atoms with Crippen molar-refractivity contribution in [1.29, 1.82) is 0 Å². The molecule has 0 radical (unpaired) electrons. The number of H-pyrrole nitrogens is 1. The summed E-state index contributed by atoms with van der Waals surface area (Å²) in [6.45, 7) is 0. The molecule has 7 rings (SSSR count). The van der Waals surface area contributed by atoms with Crippen LogP contribution >= 0.6 is 15.9 Å². The Hall–Kier alpha value is -4.08. The molecule has 3 heteroatoms. The van der Waals surface area contributed by atoms with E-state index in [0.717, 1.165) is 15.7 Å². The van der Waals surface area contributed by atoms with E-state index in [-0.39, 0.29) is 0 Å². The summed E-state index contributed by atoms with van der Waals surface area (Å²) in [5.74, 6) is 0. The number of para-hydroxylation sites is 1. The smallest absolute Gasteiger partial charge is 0.0620 e. The number of nitrogens with one attached hydrogen (secondary N) is 1. The first-order valence-electron chi connectivity index (χ1n) is 11.7. The highest BCUT2D eigenvalue weighted by Crippen LogP contribution is 2.46. The van der Waals surface area contributed by atoms with Crippen LogP contribution in [0.5, 0.6) is 0 Å². The Balaban J connectivity index is 1.74. The fraction of sp³-hybridized carbons (Fsp3) is 0. The predicted molar refractivity (Wildman–Crippen MR) is 151 cm³/mol. The maximum atomic E-state index is 3.77. The van der Waals surface area contributed by atoms with Gasteiger partial charge in [0.1, 0.15) is 0 Å². The lowest BCUT2D eigenvalue weighted by Crippen LogP contribution is -1.97. The molecule has 0 saturated carbocycles. The molecule has 0 aliphatic carbocycles. The van der Waals surface area contributed by atoms with E-state index < -0.39 is 0 Å². The topological polar surface area (TPSA) is 20.7 Å². The van der Waals surface area contributed by atoms with Crippen molar-refractivity contribution in [3.63, 3.8) is 0 Å². The zero-order valence-electron chi connectivity index (χ0n) is 18.9. The number of nitrogens with zero attached hydrogens (tertiary/aromatic N) is 1. The van der Waals surface area contributed by atoms with Gasteiger partial charge in [0, 0.05) is 37.4 Å². The monoisotopic (exact) mass is 512 g/mol. The average Bonchev–Trinajstić information content (AvgIpc) is 3.46. The second-order valence-corrected chi connectivity index (χ2v) is 9.74. The first kappa shape index (κ1) is 20.3. The number of benzene rings is 5. The Labute approximate surface area is 211 Å². The molecule has 5 aromatic carbocycles. The van der Waals surface area contributed by atoms with E-state index in [2.05, 4.69) is 147 Å². The molecule has 2 nitrogen and oxygen atoms in total. The lowest BCUT2D eigenvalue weighted by atomic mass is 9.97. The lowest BCUT2D eigenvalue weighted by Gasteiger charge is -2.13. The van der Waals surface area contributed by atoms with E-state index in [4.69, 9.17) is 0 Å². The van der Waals surface area contributed by atoms with Gasteiger partial charge in [-0.15, -0.1) is 0 Å². The highest BCUT2D eigenvalue weighted by molar-refractivity contribution is 9.10. The molecule has 35 heavy (non-hydrogen) atoms. The number of aromatic amines is 1. The number of fused-ring (bicyclic) bond motifs is 5. The summed E-state index contributed by atoms with van der Waals surface area (Å²) < 4.78 is 3.49. The minimum absolute atomic E-state index is 1.08. The standard InChI is InChI=1S/C32H21BrN2/c33-23-16-18-27-26(20-23)25-17-19-28-30(31(25)34-27)29(21-10-4-1-5-11-21)32(22-12-6-2-7-13-22)35(28)24-14-8-3-9-15-24/h1-20,34H. The minimum atomic E-state index is 1.08. The van der Waals surface area contributed by atoms with E-state index in [1.807, 2.05) is 0 Å². The third kappa shape index (κ3) is 3.16. The number of halogens is 1. The van der Waals surface area contributed by atoms with Gasteiger partial charge in [-0.25, -0.2) is 0 Å². The molecule has 0 aliphatic rings. The van der Waals surface area contributed by atoms with Crippen molar-refractivity contribution in [1.82, 2.24) is 9.55 Å². The SMILES string of the molecule is Brc1ccc2[nH]c3c(ccc4c3c(-c3ccccc3)c(-c3ccccc3)n4-c3ccccc3)c2c1. The Morgan fingerprint density at radius 2 is 1.26 bits per heavy atom. The van der Waals surface area contributed by atoms with Gasteiger partial charge in [-0.05, 0) is 47.5 Å². The Bertz CT molecular complexity index is 1830. The van der Waals surface area contributed by atoms with E-state index >= 15 is 0 Å². The molecule has 2 heterocycles. The fourth-order valence-corrected chi connectivity index (χ4v) is 5.68. The zero-order chi connectivity index (χ0) is 23.4. The van der Waals surface area contributed by atoms with E-state index in [0.29, 0.717) is 0 Å². The molecular formula is C32H21BrN2. The van der Waals surface area contributed by atoms with Gasteiger partial charge in [0.25, 0.3) is 0 Å². The number of rotatable bonds is 3. The summed E-state index contributed by atoms with van der Waals surface area (Å²) >= 11 is 3.66. The summed E-state index contributed by atoms with van der Waals surface area (Å²) in [5, 5.41) is 3.70. The van der Waals surface area contributed by atoms with Crippen LogP contribution in [-0.2, 0) is 0 Å². The fourth-order valence-electron chi connectivity index (χ4n) is 5.32. The van der Waals surface area contributed by atoms with Crippen LogP contribution in [0, 0.1) is 0 Å². The summed E-state index contributed by atoms with van der Waals surface area (Å²) in [7, 11) is 0. The first-order valence-corrected chi connectivity index (χ1v) is 12.5. The van der Waals surface area contributed by atoms with E-state index in [1.54, 1.807) is 0 Å². The van der Waals surface area contributed by atoms with Gasteiger partial charge >= 0.3 is 0 Å². The number of hydrogen-bond acceptors (Lipinski definition) is 0. The molecule has 2 aromatic heterocycles.